The van der Waals surface area contributed by atoms with Gasteiger partial charge < -0.3 is 9.55 Å². The summed E-state index contributed by atoms with van der Waals surface area (Å²) in [5.74, 6) is 0. The Morgan fingerprint density at radius 1 is 0.391 bits per heavy atom. The fourth-order valence-corrected chi connectivity index (χ4v) is 12.6. The first-order valence-electron chi connectivity index (χ1n) is 24.3. The van der Waals surface area contributed by atoms with Crippen LogP contribution in [-0.2, 0) is 11.8 Å². The number of nitrogens with zero attached hydrogens (tertiary/aromatic N) is 1. The van der Waals surface area contributed by atoms with Crippen LogP contribution in [0.5, 0.6) is 0 Å². The van der Waals surface area contributed by atoms with Crippen molar-refractivity contribution in [1.82, 2.24) is 9.55 Å². The van der Waals surface area contributed by atoms with Gasteiger partial charge in [0.1, 0.15) is 0 Å². The fraction of sp³-hybridized carbons (Fsp3) is 0.0448. The molecule has 2 heterocycles. The van der Waals surface area contributed by atoms with E-state index in [0.29, 0.717) is 0 Å². The monoisotopic (exact) mass is 876 g/mol. The van der Waals surface area contributed by atoms with Gasteiger partial charge in [0.15, 0.2) is 0 Å². The molecule has 1 N–H and O–H groups in total. The molecule has 10 aromatic carbocycles. The summed E-state index contributed by atoms with van der Waals surface area (Å²) in [7, 11) is 0. The van der Waals surface area contributed by atoms with E-state index in [1.807, 2.05) is 0 Å². The van der Waals surface area contributed by atoms with Crippen LogP contribution in [-0.4, -0.2) is 9.55 Å². The maximum absolute atomic E-state index is 3.97. The highest BCUT2D eigenvalue weighted by atomic mass is 15.0. The molecule has 1 spiro atoms. The van der Waals surface area contributed by atoms with Gasteiger partial charge in [0, 0.05) is 44.2 Å². The molecule has 322 valence electrons. The maximum Gasteiger partial charge on any atom is 0.0726 e. The highest BCUT2D eigenvalue weighted by Gasteiger charge is 2.52. The molecule has 0 radical (unpaired) electrons. The third-order valence-corrected chi connectivity index (χ3v) is 15.6. The minimum Gasteiger partial charge on any atom is -0.354 e. The van der Waals surface area contributed by atoms with Crippen molar-refractivity contribution in [2.45, 2.75) is 18.3 Å². The first kappa shape index (κ1) is 38.4. The van der Waals surface area contributed by atoms with Crippen LogP contribution in [0.3, 0.4) is 0 Å². The largest absolute Gasteiger partial charge is 0.354 e. The summed E-state index contributed by atoms with van der Waals surface area (Å²) in [5.41, 5.74) is 27.6. The van der Waals surface area contributed by atoms with Crippen LogP contribution >= 0.6 is 0 Å². The second-order valence-corrected chi connectivity index (χ2v) is 19.1. The van der Waals surface area contributed by atoms with Crippen molar-refractivity contribution in [3.05, 3.63) is 264 Å². The third kappa shape index (κ3) is 5.49. The van der Waals surface area contributed by atoms with E-state index < -0.39 is 0 Å². The molecule has 0 aliphatic heterocycles. The van der Waals surface area contributed by atoms with Crippen LogP contribution in [0.25, 0.3) is 111 Å². The van der Waals surface area contributed by atoms with E-state index in [-0.39, 0.29) is 5.41 Å². The van der Waals surface area contributed by atoms with Crippen molar-refractivity contribution in [3.63, 3.8) is 0 Å². The highest BCUT2D eigenvalue weighted by Crippen LogP contribution is 2.63. The Balaban J connectivity index is 0.853. The Hall–Kier alpha value is -8.72. The Labute approximate surface area is 401 Å². The number of fused-ring (bicyclic) bond motifs is 17. The zero-order valence-electron chi connectivity index (χ0n) is 37.9. The summed E-state index contributed by atoms with van der Waals surface area (Å²) in [6, 6.07) is 83.8. The van der Waals surface area contributed by atoms with Crippen molar-refractivity contribution in [2.24, 2.45) is 0 Å². The van der Waals surface area contributed by atoms with Crippen molar-refractivity contribution < 1.29 is 0 Å². The van der Waals surface area contributed by atoms with Crippen LogP contribution in [0.1, 0.15) is 39.9 Å². The van der Waals surface area contributed by atoms with E-state index in [1.165, 1.54) is 133 Å². The summed E-state index contributed by atoms with van der Waals surface area (Å²) in [6.45, 7) is 0. The second-order valence-electron chi connectivity index (χ2n) is 19.1. The number of rotatable bonds is 5. The van der Waals surface area contributed by atoms with Gasteiger partial charge in [-0.3, -0.25) is 0 Å². The number of allylic oxidation sites excluding steroid dienone is 1. The van der Waals surface area contributed by atoms with Crippen LogP contribution in [0.4, 0.5) is 0 Å². The predicted octanol–water partition coefficient (Wildman–Crippen LogP) is 17.2. The first-order chi connectivity index (χ1) is 34.2. The Kier molecular flexibility index (Phi) is 8.15. The molecule has 3 aliphatic rings. The average Bonchev–Trinajstić information content (AvgIpc) is 4.15. The van der Waals surface area contributed by atoms with E-state index in [9.17, 15) is 0 Å². The zero-order valence-corrected chi connectivity index (χ0v) is 37.9. The number of benzene rings is 10. The minimum atomic E-state index is -0.365. The number of nitrogens with one attached hydrogen (secondary N) is 1. The van der Waals surface area contributed by atoms with Gasteiger partial charge in [-0.2, -0.15) is 0 Å². The number of hydrogen-bond donors (Lipinski definition) is 1. The molecule has 69 heavy (non-hydrogen) atoms. The molecule has 3 aliphatic carbocycles. The summed E-state index contributed by atoms with van der Waals surface area (Å²) >= 11 is 0. The molecule has 0 saturated carbocycles. The Bertz CT molecular complexity index is 4020. The number of aromatic amines is 1. The average molecular weight is 877 g/mol. The molecule has 0 atom stereocenters. The van der Waals surface area contributed by atoms with Gasteiger partial charge in [0.05, 0.1) is 16.4 Å². The summed E-state index contributed by atoms with van der Waals surface area (Å²) in [4.78, 5) is 3.97. The standard InChI is InChI=1S/C67H44N2/c1-3-16-42(17-4-1)47-36-48(43-18-5-2-6-19-43)38-49(37-47)44-20-15-21-50(39-44)69-63-29-14-10-24-53(63)57-41-46(31-35-64(57)69)45-30-34-62-56(40-45)54-32-33-61-65(66(54)68-62)55-25-9-13-28-60(55)67(61)58-26-11-7-22-51(58)52-23-8-12-27-59(52)67/h1-13,15-28,30-41,68H,14,29H2. The van der Waals surface area contributed by atoms with Crippen LogP contribution < -0.4 is 0 Å². The first-order valence-corrected chi connectivity index (χ1v) is 24.3. The van der Waals surface area contributed by atoms with Gasteiger partial charge in [0.2, 0.25) is 0 Å². The summed E-state index contributed by atoms with van der Waals surface area (Å²) in [6.07, 6.45) is 6.72. The molecular weight excluding hydrogens is 833 g/mol. The summed E-state index contributed by atoms with van der Waals surface area (Å²) < 4.78 is 2.52. The van der Waals surface area contributed by atoms with E-state index in [2.05, 4.69) is 246 Å². The van der Waals surface area contributed by atoms with Crippen LogP contribution in [0, 0.1) is 0 Å². The lowest BCUT2D eigenvalue weighted by Gasteiger charge is -2.30. The van der Waals surface area contributed by atoms with Gasteiger partial charge in [-0.1, -0.05) is 182 Å². The smallest absolute Gasteiger partial charge is 0.0726 e. The Morgan fingerprint density at radius 3 is 1.65 bits per heavy atom. The van der Waals surface area contributed by atoms with Crippen LogP contribution in [0.15, 0.2) is 231 Å². The molecule has 2 aromatic heterocycles. The molecule has 0 bridgehead atoms. The molecule has 0 amide bonds. The van der Waals surface area contributed by atoms with Crippen molar-refractivity contribution >= 4 is 38.8 Å². The predicted molar refractivity (Wildman–Crippen MR) is 288 cm³/mol. The number of aromatic nitrogens is 2. The van der Waals surface area contributed by atoms with Crippen molar-refractivity contribution in [3.8, 4) is 72.4 Å². The zero-order chi connectivity index (χ0) is 45.2. The van der Waals surface area contributed by atoms with Gasteiger partial charge >= 0.3 is 0 Å². The van der Waals surface area contributed by atoms with Gasteiger partial charge in [-0.15, -0.1) is 0 Å². The van der Waals surface area contributed by atoms with Gasteiger partial charge in [-0.05, 0) is 151 Å². The molecule has 0 saturated heterocycles. The van der Waals surface area contributed by atoms with Crippen molar-refractivity contribution in [1.29, 1.82) is 0 Å². The van der Waals surface area contributed by atoms with Gasteiger partial charge in [-0.25, -0.2) is 0 Å². The van der Waals surface area contributed by atoms with E-state index >= 15 is 0 Å². The quantitative estimate of drug-likeness (QED) is 0.178. The second kappa shape index (κ2) is 14.6. The van der Waals surface area contributed by atoms with Crippen LogP contribution in [0.2, 0.25) is 0 Å². The molecule has 0 fully saturated rings. The van der Waals surface area contributed by atoms with E-state index in [4.69, 9.17) is 0 Å². The number of hydrogen-bond acceptors (Lipinski definition) is 0. The number of H-pyrrole nitrogens is 1. The maximum atomic E-state index is 3.97. The third-order valence-electron chi connectivity index (χ3n) is 15.6. The lowest BCUT2D eigenvalue weighted by Crippen LogP contribution is -2.25. The molecule has 0 unspecified atom stereocenters. The molecule has 2 heteroatoms. The van der Waals surface area contributed by atoms with E-state index in [0.717, 1.165) is 18.4 Å². The molecule has 15 rings (SSSR count). The molecular formula is C67H44N2. The summed E-state index contributed by atoms with van der Waals surface area (Å²) in [5, 5.41) is 3.80. The fourth-order valence-electron chi connectivity index (χ4n) is 12.6. The normalized spacial score (nSPS) is 13.7. The molecule has 2 nitrogen and oxygen atoms in total. The van der Waals surface area contributed by atoms with Crippen molar-refractivity contribution in [2.75, 3.05) is 0 Å². The molecule has 12 aromatic rings. The van der Waals surface area contributed by atoms with E-state index in [1.54, 1.807) is 0 Å². The minimum absolute atomic E-state index is 0.365. The Morgan fingerprint density at radius 2 is 0.957 bits per heavy atom. The SMILES string of the molecule is C1=Cc2c(n(-c3cccc(-c4cc(-c5ccccc5)cc(-c5ccccc5)c4)c3)c3ccc(-c4ccc5[nH]c6c7c(ccc6c5c4)C4(c5ccccc5-c5ccccc54)c4ccccc4-7)cc23)CC1. The lowest BCUT2D eigenvalue weighted by molar-refractivity contribution is 0.794. The van der Waals surface area contributed by atoms with Gasteiger partial charge in [0.25, 0.3) is 0 Å². The lowest BCUT2D eigenvalue weighted by atomic mass is 9.70. The topological polar surface area (TPSA) is 20.7 Å². The highest BCUT2D eigenvalue weighted by molar-refractivity contribution is 6.16.